The number of benzene rings is 2. The molecule has 3 saturated heterocycles. The van der Waals surface area contributed by atoms with E-state index < -0.39 is 24.1 Å². The van der Waals surface area contributed by atoms with E-state index in [1.54, 1.807) is 6.07 Å². The van der Waals surface area contributed by atoms with Gasteiger partial charge >= 0.3 is 12.1 Å². The van der Waals surface area contributed by atoms with Gasteiger partial charge in [0.2, 0.25) is 0 Å². The Labute approximate surface area is 219 Å². The van der Waals surface area contributed by atoms with Crippen molar-refractivity contribution in [2.75, 3.05) is 44.2 Å². The number of imide groups is 1. The fourth-order valence-corrected chi connectivity index (χ4v) is 5.20. The molecule has 5 amide bonds. The van der Waals surface area contributed by atoms with Gasteiger partial charge < -0.3 is 24.9 Å². The molecule has 3 heterocycles. The van der Waals surface area contributed by atoms with Gasteiger partial charge in [-0.3, -0.25) is 9.59 Å². The highest BCUT2D eigenvalue weighted by molar-refractivity contribution is 6.36. The molecule has 0 saturated carbocycles. The molecule has 0 aliphatic carbocycles. The number of piperazine rings is 1. The van der Waals surface area contributed by atoms with Crippen molar-refractivity contribution in [2.45, 2.75) is 25.3 Å². The normalized spacial score (nSPS) is 19.9. The minimum absolute atomic E-state index is 0.0642. The van der Waals surface area contributed by atoms with E-state index in [4.69, 9.17) is 16.4 Å². The van der Waals surface area contributed by atoms with Crippen LogP contribution >= 0.6 is 11.6 Å². The third-order valence-corrected chi connectivity index (χ3v) is 7.31. The van der Waals surface area contributed by atoms with Gasteiger partial charge in [0.25, 0.3) is 11.8 Å². The Morgan fingerprint density at radius 1 is 0.892 bits per heavy atom. The Balaban J connectivity index is 1.17. The van der Waals surface area contributed by atoms with Gasteiger partial charge in [0.05, 0.1) is 16.3 Å². The van der Waals surface area contributed by atoms with Crippen LogP contribution in [0.25, 0.3) is 0 Å². The number of rotatable bonds is 5. The summed E-state index contributed by atoms with van der Waals surface area (Å²) in [4.78, 5) is 61.1. The summed E-state index contributed by atoms with van der Waals surface area (Å²) in [5.74, 6) is -0.669. The minimum atomic E-state index is -0.794. The van der Waals surface area contributed by atoms with E-state index in [1.807, 2.05) is 52.3 Å². The van der Waals surface area contributed by atoms with Gasteiger partial charge in [0.1, 0.15) is 6.04 Å². The van der Waals surface area contributed by atoms with Gasteiger partial charge in [0.15, 0.2) is 0 Å². The maximum absolute atomic E-state index is 12.9. The standard InChI is InChI=1S/C26H28ClN5O5/c27-22-19(23(33)30-11-4-5-12-30)9-6-10-21(22)29-13-15-31(16-14-29)26(36)37-32-24(34)20(28-25(32)35)17-18-7-2-1-3-8-18/h1-3,6-10,20H,4-5,11-17H2,(H,28,35)/t20-/m1/s1. The lowest BCUT2D eigenvalue weighted by Crippen LogP contribution is -2.50. The zero-order chi connectivity index (χ0) is 25.9. The third kappa shape index (κ3) is 5.20. The van der Waals surface area contributed by atoms with Gasteiger partial charge in [-0.1, -0.05) is 53.1 Å². The van der Waals surface area contributed by atoms with E-state index >= 15 is 0 Å². The van der Waals surface area contributed by atoms with Crippen LogP contribution in [0.2, 0.25) is 5.02 Å². The number of carbonyl (C=O) groups is 4. The largest absolute Gasteiger partial charge is 0.434 e. The molecular formula is C26H28ClN5O5. The number of nitrogens with one attached hydrogen (secondary N) is 1. The number of nitrogens with zero attached hydrogens (tertiary/aromatic N) is 4. The molecule has 3 fully saturated rings. The van der Waals surface area contributed by atoms with Crippen LogP contribution in [0.15, 0.2) is 48.5 Å². The number of urea groups is 1. The summed E-state index contributed by atoms with van der Waals surface area (Å²) in [6.07, 6.45) is 1.53. The third-order valence-electron chi connectivity index (χ3n) is 6.91. The smallest absolute Gasteiger partial charge is 0.367 e. The van der Waals surface area contributed by atoms with Crippen LogP contribution in [0, 0.1) is 0 Å². The molecular weight excluding hydrogens is 498 g/mol. The first-order valence-corrected chi connectivity index (χ1v) is 12.8. The molecule has 0 radical (unpaired) electrons. The average molecular weight is 526 g/mol. The van der Waals surface area contributed by atoms with Crippen LogP contribution in [-0.2, 0) is 16.1 Å². The minimum Gasteiger partial charge on any atom is -0.367 e. The van der Waals surface area contributed by atoms with Gasteiger partial charge in [-0.05, 0) is 30.5 Å². The number of carbonyl (C=O) groups excluding carboxylic acids is 4. The van der Waals surface area contributed by atoms with Crippen LogP contribution < -0.4 is 10.2 Å². The first-order chi connectivity index (χ1) is 17.9. The van der Waals surface area contributed by atoms with Crippen LogP contribution in [0.4, 0.5) is 15.3 Å². The van der Waals surface area contributed by atoms with Gasteiger partial charge in [-0.2, -0.15) is 0 Å². The summed E-state index contributed by atoms with van der Waals surface area (Å²) in [7, 11) is 0. The van der Waals surface area contributed by atoms with Crippen LogP contribution in [0.5, 0.6) is 0 Å². The Morgan fingerprint density at radius 3 is 2.30 bits per heavy atom. The molecule has 0 spiro atoms. The van der Waals surface area contributed by atoms with Crippen molar-refractivity contribution < 1.29 is 24.0 Å². The monoisotopic (exact) mass is 525 g/mol. The summed E-state index contributed by atoms with van der Waals surface area (Å²) in [6, 6.07) is 13.1. The highest BCUT2D eigenvalue weighted by Crippen LogP contribution is 2.31. The summed E-state index contributed by atoms with van der Waals surface area (Å²) in [6.45, 7) is 2.99. The number of hydroxylamine groups is 2. The lowest BCUT2D eigenvalue weighted by Gasteiger charge is -2.36. The summed E-state index contributed by atoms with van der Waals surface area (Å²) < 4.78 is 0. The first kappa shape index (κ1) is 24.9. The second-order valence-electron chi connectivity index (χ2n) is 9.29. The summed E-state index contributed by atoms with van der Waals surface area (Å²) in [5, 5.41) is 3.48. The molecule has 2 aromatic carbocycles. The highest BCUT2D eigenvalue weighted by Gasteiger charge is 2.42. The van der Waals surface area contributed by atoms with Gasteiger partial charge in [-0.25, -0.2) is 9.59 Å². The fourth-order valence-electron chi connectivity index (χ4n) is 4.87. The maximum atomic E-state index is 12.9. The Kier molecular flexibility index (Phi) is 7.18. The number of halogens is 1. The summed E-state index contributed by atoms with van der Waals surface area (Å²) >= 11 is 6.65. The van der Waals surface area contributed by atoms with E-state index in [2.05, 4.69) is 5.32 Å². The molecule has 10 nitrogen and oxygen atoms in total. The van der Waals surface area contributed by atoms with Crippen molar-refractivity contribution >= 4 is 41.2 Å². The van der Waals surface area contributed by atoms with Crippen molar-refractivity contribution in [3.63, 3.8) is 0 Å². The molecule has 11 heteroatoms. The Morgan fingerprint density at radius 2 is 1.59 bits per heavy atom. The first-order valence-electron chi connectivity index (χ1n) is 12.4. The second kappa shape index (κ2) is 10.7. The number of hydrogen-bond acceptors (Lipinski definition) is 6. The molecule has 0 unspecified atom stereocenters. The van der Waals surface area contributed by atoms with Gasteiger partial charge in [0, 0.05) is 45.7 Å². The van der Waals surface area contributed by atoms with E-state index in [1.165, 1.54) is 4.90 Å². The molecule has 194 valence electrons. The maximum Gasteiger partial charge on any atom is 0.434 e. The van der Waals surface area contributed by atoms with Crippen molar-refractivity contribution in [1.82, 2.24) is 20.2 Å². The molecule has 37 heavy (non-hydrogen) atoms. The number of anilines is 1. The zero-order valence-electron chi connectivity index (χ0n) is 20.3. The van der Waals surface area contributed by atoms with Crippen molar-refractivity contribution in [3.05, 3.63) is 64.7 Å². The zero-order valence-corrected chi connectivity index (χ0v) is 21.0. The fraction of sp³-hybridized carbons (Fsp3) is 0.385. The van der Waals surface area contributed by atoms with Crippen molar-refractivity contribution in [3.8, 4) is 0 Å². The molecule has 3 aliphatic rings. The SMILES string of the molecule is O=C(ON1C(=O)N[C@H](Cc2ccccc2)C1=O)N1CCN(c2cccc(C(=O)N3CCCC3)c2Cl)CC1. The average Bonchev–Trinajstić information content (AvgIpc) is 3.54. The molecule has 3 aliphatic heterocycles. The van der Waals surface area contributed by atoms with Crippen molar-refractivity contribution in [2.24, 2.45) is 0 Å². The summed E-state index contributed by atoms with van der Waals surface area (Å²) in [5.41, 5.74) is 2.10. The van der Waals surface area contributed by atoms with Crippen LogP contribution in [0.3, 0.4) is 0 Å². The van der Waals surface area contributed by atoms with Crippen LogP contribution in [-0.4, -0.2) is 84.1 Å². The van der Waals surface area contributed by atoms with E-state index in [0.29, 0.717) is 48.2 Å². The lowest BCUT2D eigenvalue weighted by atomic mass is 10.1. The topological polar surface area (TPSA) is 102 Å². The van der Waals surface area contributed by atoms with Crippen molar-refractivity contribution in [1.29, 1.82) is 0 Å². The molecule has 1 N–H and O–H groups in total. The van der Waals surface area contributed by atoms with E-state index in [9.17, 15) is 19.2 Å². The molecule has 5 rings (SSSR count). The molecule has 2 aromatic rings. The molecule has 1 atom stereocenters. The number of amides is 5. The van der Waals surface area contributed by atoms with E-state index in [0.717, 1.165) is 37.2 Å². The quantitative estimate of drug-likeness (QED) is 0.602. The highest BCUT2D eigenvalue weighted by atomic mass is 35.5. The predicted octanol–water partition coefficient (Wildman–Crippen LogP) is 2.91. The van der Waals surface area contributed by atoms with E-state index in [-0.39, 0.29) is 5.91 Å². The van der Waals surface area contributed by atoms with Crippen LogP contribution in [0.1, 0.15) is 28.8 Å². The molecule has 0 bridgehead atoms. The molecule has 0 aromatic heterocycles. The Hall–Kier alpha value is -3.79. The second-order valence-corrected chi connectivity index (χ2v) is 9.67. The predicted molar refractivity (Wildman–Crippen MR) is 136 cm³/mol. The number of likely N-dealkylation sites (tertiary alicyclic amines) is 1. The lowest BCUT2D eigenvalue weighted by molar-refractivity contribution is -0.151. The Bertz CT molecular complexity index is 1200. The number of hydrogen-bond donors (Lipinski definition) is 1. The van der Waals surface area contributed by atoms with Gasteiger partial charge in [-0.15, -0.1) is 0 Å².